The second kappa shape index (κ2) is 3.18. The third-order valence-corrected chi connectivity index (χ3v) is 2.12. The van der Waals surface area contributed by atoms with Crippen LogP contribution in [-0.4, -0.2) is 22.9 Å². The van der Waals surface area contributed by atoms with E-state index in [4.69, 9.17) is 5.11 Å². The van der Waals surface area contributed by atoms with E-state index in [9.17, 15) is 5.11 Å². The number of hydrogen-bond donors (Lipinski definition) is 2. The van der Waals surface area contributed by atoms with Gasteiger partial charge in [-0.3, -0.25) is 0 Å². The monoisotopic (exact) mass is 130 g/mol. The Bertz CT molecular complexity index is 83.0. The molecule has 0 aromatic heterocycles. The molecule has 1 rings (SSSR count). The van der Waals surface area contributed by atoms with Crippen LogP contribution in [0.3, 0.4) is 0 Å². The lowest BCUT2D eigenvalue weighted by atomic mass is 10.0. The van der Waals surface area contributed by atoms with Crippen LogP contribution in [0.1, 0.15) is 25.7 Å². The quantitative estimate of drug-likeness (QED) is 0.572. The Labute approximate surface area is 55.5 Å². The van der Waals surface area contributed by atoms with E-state index in [0.717, 1.165) is 25.7 Å². The SMILES string of the molecule is OCC[C@@H]1CCC[C@H]1O. The van der Waals surface area contributed by atoms with Gasteiger partial charge in [0.15, 0.2) is 0 Å². The molecular formula is C7H14O2. The molecule has 0 spiro atoms. The van der Waals surface area contributed by atoms with Crippen LogP contribution in [0.5, 0.6) is 0 Å². The van der Waals surface area contributed by atoms with Gasteiger partial charge in [0.25, 0.3) is 0 Å². The van der Waals surface area contributed by atoms with Crippen LogP contribution in [0.25, 0.3) is 0 Å². The number of hydrogen-bond acceptors (Lipinski definition) is 2. The minimum Gasteiger partial charge on any atom is -0.396 e. The van der Waals surface area contributed by atoms with Crippen LogP contribution in [0.4, 0.5) is 0 Å². The van der Waals surface area contributed by atoms with Crippen LogP contribution in [0.2, 0.25) is 0 Å². The minimum atomic E-state index is -0.128. The summed E-state index contributed by atoms with van der Waals surface area (Å²) in [4.78, 5) is 0. The fourth-order valence-corrected chi connectivity index (χ4v) is 1.52. The van der Waals surface area contributed by atoms with Crippen LogP contribution >= 0.6 is 0 Å². The molecule has 0 bridgehead atoms. The molecule has 2 atom stereocenters. The standard InChI is InChI=1S/C7H14O2/c8-5-4-6-2-1-3-7(6)9/h6-9H,1-5H2/t6-,7+/m0/s1. The highest BCUT2D eigenvalue weighted by Crippen LogP contribution is 2.27. The van der Waals surface area contributed by atoms with E-state index in [-0.39, 0.29) is 12.7 Å². The highest BCUT2D eigenvalue weighted by atomic mass is 16.3. The fraction of sp³-hybridized carbons (Fsp3) is 1.00. The average Bonchev–Trinajstić information content (AvgIpc) is 2.18. The summed E-state index contributed by atoms with van der Waals surface area (Å²) < 4.78 is 0. The molecule has 0 amide bonds. The molecule has 2 nitrogen and oxygen atoms in total. The van der Waals surface area contributed by atoms with Crippen molar-refractivity contribution in [1.29, 1.82) is 0 Å². The molecule has 2 heteroatoms. The Hall–Kier alpha value is -0.0800. The molecule has 2 N–H and O–H groups in total. The summed E-state index contributed by atoms with van der Waals surface area (Å²) in [7, 11) is 0. The van der Waals surface area contributed by atoms with Gasteiger partial charge in [-0.1, -0.05) is 6.42 Å². The number of aliphatic hydroxyl groups excluding tert-OH is 2. The predicted octanol–water partition coefficient (Wildman–Crippen LogP) is 0.530. The lowest BCUT2D eigenvalue weighted by Crippen LogP contribution is -2.13. The van der Waals surface area contributed by atoms with E-state index in [1.807, 2.05) is 0 Å². The summed E-state index contributed by atoms with van der Waals surface area (Å²) >= 11 is 0. The summed E-state index contributed by atoms with van der Waals surface area (Å²) in [6, 6.07) is 0. The maximum Gasteiger partial charge on any atom is 0.0569 e. The van der Waals surface area contributed by atoms with Crippen LogP contribution in [-0.2, 0) is 0 Å². The van der Waals surface area contributed by atoms with Gasteiger partial charge in [-0.2, -0.15) is 0 Å². The first-order valence-corrected chi connectivity index (χ1v) is 3.63. The average molecular weight is 130 g/mol. The molecule has 1 fully saturated rings. The van der Waals surface area contributed by atoms with E-state index >= 15 is 0 Å². The zero-order valence-electron chi connectivity index (χ0n) is 5.58. The van der Waals surface area contributed by atoms with E-state index in [1.165, 1.54) is 0 Å². The molecule has 0 aromatic carbocycles. The molecule has 0 aliphatic heterocycles. The molecule has 0 heterocycles. The number of rotatable bonds is 2. The first-order valence-electron chi connectivity index (χ1n) is 3.63. The normalized spacial score (nSPS) is 35.3. The van der Waals surface area contributed by atoms with Crippen molar-refractivity contribution < 1.29 is 10.2 Å². The van der Waals surface area contributed by atoms with E-state index in [0.29, 0.717) is 5.92 Å². The maximum absolute atomic E-state index is 9.21. The highest BCUT2D eigenvalue weighted by molar-refractivity contribution is 4.75. The van der Waals surface area contributed by atoms with Gasteiger partial charge in [-0.25, -0.2) is 0 Å². The van der Waals surface area contributed by atoms with E-state index in [2.05, 4.69) is 0 Å². The molecule has 1 aliphatic rings. The topological polar surface area (TPSA) is 40.5 Å². The minimum absolute atomic E-state index is 0.128. The van der Waals surface area contributed by atoms with Crippen LogP contribution in [0, 0.1) is 5.92 Å². The van der Waals surface area contributed by atoms with Gasteiger partial charge in [-0.15, -0.1) is 0 Å². The van der Waals surface area contributed by atoms with Crippen LogP contribution in [0.15, 0.2) is 0 Å². The van der Waals surface area contributed by atoms with Gasteiger partial charge < -0.3 is 10.2 Å². The lowest BCUT2D eigenvalue weighted by molar-refractivity contribution is 0.113. The van der Waals surface area contributed by atoms with Gasteiger partial charge in [0, 0.05) is 6.61 Å². The molecule has 1 saturated carbocycles. The molecule has 9 heavy (non-hydrogen) atoms. The van der Waals surface area contributed by atoms with Crippen molar-refractivity contribution in [2.75, 3.05) is 6.61 Å². The molecule has 1 aliphatic carbocycles. The Balaban J connectivity index is 2.22. The van der Waals surface area contributed by atoms with E-state index < -0.39 is 0 Å². The third-order valence-electron chi connectivity index (χ3n) is 2.12. The van der Waals surface area contributed by atoms with Crippen molar-refractivity contribution in [2.45, 2.75) is 31.8 Å². The summed E-state index contributed by atoms with van der Waals surface area (Å²) in [6.07, 6.45) is 3.82. The summed E-state index contributed by atoms with van der Waals surface area (Å²) in [5, 5.41) is 17.7. The van der Waals surface area contributed by atoms with Crippen molar-refractivity contribution in [2.24, 2.45) is 5.92 Å². The Morgan fingerprint density at radius 2 is 2.11 bits per heavy atom. The predicted molar refractivity (Wildman–Crippen MR) is 35.1 cm³/mol. The van der Waals surface area contributed by atoms with Gasteiger partial charge in [0.1, 0.15) is 0 Å². The largest absolute Gasteiger partial charge is 0.396 e. The molecular weight excluding hydrogens is 116 g/mol. The van der Waals surface area contributed by atoms with Crippen molar-refractivity contribution in [1.82, 2.24) is 0 Å². The molecule has 0 aromatic rings. The summed E-state index contributed by atoms with van der Waals surface area (Å²) in [6.45, 7) is 0.224. The molecule has 0 radical (unpaired) electrons. The summed E-state index contributed by atoms with van der Waals surface area (Å²) in [5.74, 6) is 0.384. The third kappa shape index (κ3) is 1.66. The molecule has 0 unspecified atom stereocenters. The fourth-order valence-electron chi connectivity index (χ4n) is 1.52. The van der Waals surface area contributed by atoms with Gasteiger partial charge >= 0.3 is 0 Å². The van der Waals surface area contributed by atoms with Gasteiger partial charge in [0.05, 0.1) is 6.10 Å². The zero-order valence-corrected chi connectivity index (χ0v) is 5.58. The first kappa shape index (κ1) is 7.03. The first-order chi connectivity index (χ1) is 4.34. The smallest absolute Gasteiger partial charge is 0.0569 e. The van der Waals surface area contributed by atoms with Crippen LogP contribution < -0.4 is 0 Å². The second-order valence-electron chi connectivity index (χ2n) is 2.77. The van der Waals surface area contributed by atoms with Gasteiger partial charge in [0.2, 0.25) is 0 Å². The van der Waals surface area contributed by atoms with Crippen molar-refractivity contribution in [3.8, 4) is 0 Å². The zero-order chi connectivity index (χ0) is 6.69. The molecule has 54 valence electrons. The van der Waals surface area contributed by atoms with Crippen molar-refractivity contribution in [3.05, 3.63) is 0 Å². The van der Waals surface area contributed by atoms with Crippen molar-refractivity contribution in [3.63, 3.8) is 0 Å². The Kier molecular flexibility index (Phi) is 2.49. The molecule has 0 saturated heterocycles. The lowest BCUT2D eigenvalue weighted by Gasteiger charge is -2.10. The highest BCUT2D eigenvalue weighted by Gasteiger charge is 2.23. The second-order valence-corrected chi connectivity index (χ2v) is 2.77. The maximum atomic E-state index is 9.21. The Morgan fingerprint density at radius 3 is 2.56 bits per heavy atom. The Morgan fingerprint density at radius 1 is 1.33 bits per heavy atom. The van der Waals surface area contributed by atoms with Gasteiger partial charge in [-0.05, 0) is 25.2 Å². The van der Waals surface area contributed by atoms with E-state index in [1.54, 1.807) is 0 Å². The summed E-state index contributed by atoms with van der Waals surface area (Å²) in [5.41, 5.74) is 0. The van der Waals surface area contributed by atoms with Crippen molar-refractivity contribution >= 4 is 0 Å². The number of aliphatic hydroxyl groups is 2.